The molecule has 0 bridgehead atoms. The zero-order valence-electron chi connectivity index (χ0n) is 13.6. The van der Waals surface area contributed by atoms with Gasteiger partial charge in [0.05, 0.1) is 16.5 Å². The van der Waals surface area contributed by atoms with Crippen molar-refractivity contribution in [1.29, 1.82) is 0 Å². The number of aryl methyl sites for hydroxylation is 1. The first-order chi connectivity index (χ1) is 11.9. The summed E-state index contributed by atoms with van der Waals surface area (Å²) in [6, 6.07) is 4.23. The molecule has 0 aliphatic carbocycles. The maximum absolute atomic E-state index is 14.2. The van der Waals surface area contributed by atoms with Crippen LogP contribution in [0.1, 0.15) is 29.0 Å². The number of aromatic nitrogens is 1. The van der Waals surface area contributed by atoms with Crippen LogP contribution in [0.25, 0.3) is 11.3 Å². The topological polar surface area (TPSA) is 89.4 Å². The van der Waals surface area contributed by atoms with Crippen LogP contribution in [0.15, 0.2) is 22.7 Å². The van der Waals surface area contributed by atoms with Crippen LogP contribution in [0.2, 0.25) is 5.02 Å². The van der Waals surface area contributed by atoms with Crippen molar-refractivity contribution in [1.82, 2.24) is 10.1 Å². The predicted octanol–water partition coefficient (Wildman–Crippen LogP) is 2.78. The molecule has 1 fully saturated rings. The minimum atomic E-state index is -0.594. The molecule has 3 rings (SSSR count). The lowest BCUT2D eigenvalue weighted by Gasteiger charge is -2.31. The maximum Gasteiger partial charge on any atom is 0.259 e. The molecule has 1 aromatic heterocycles. The van der Waals surface area contributed by atoms with Gasteiger partial charge in [-0.1, -0.05) is 22.8 Å². The minimum Gasteiger partial charge on any atom is -0.369 e. The number of primary amides is 1. The fraction of sp³-hybridized carbons (Fsp3) is 0.353. The summed E-state index contributed by atoms with van der Waals surface area (Å²) in [5.41, 5.74) is 5.60. The van der Waals surface area contributed by atoms with Gasteiger partial charge < -0.3 is 15.2 Å². The second kappa shape index (κ2) is 6.84. The molecule has 2 amide bonds. The highest BCUT2D eigenvalue weighted by atomic mass is 35.5. The highest BCUT2D eigenvalue weighted by Crippen LogP contribution is 2.34. The molecule has 2 N–H and O–H groups in total. The van der Waals surface area contributed by atoms with Crippen LogP contribution >= 0.6 is 11.6 Å². The van der Waals surface area contributed by atoms with Gasteiger partial charge in [-0.15, -0.1) is 0 Å². The summed E-state index contributed by atoms with van der Waals surface area (Å²) in [4.78, 5) is 25.9. The summed E-state index contributed by atoms with van der Waals surface area (Å²) >= 11 is 6.09. The molecular formula is C17H17ClFN3O3. The van der Waals surface area contributed by atoms with E-state index in [2.05, 4.69) is 5.16 Å². The summed E-state index contributed by atoms with van der Waals surface area (Å²) in [6.45, 7) is 2.29. The van der Waals surface area contributed by atoms with Crippen LogP contribution in [0.3, 0.4) is 0 Å². The molecule has 2 heterocycles. The number of likely N-dealkylation sites (tertiary alicyclic amines) is 1. The van der Waals surface area contributed by atoms with Crippen molar-refractivity contribution in [2.24, 2.45) is 11.7 Å². The first-order valence-electron chi connectivity index (χ1n) is 7.89. The monoisotopic (exact) mass is 365 g/mol. The van der Waals surface area contributed by atoms with Crippen molar-refractivity contribution in [3.63, 3.8) is 0 Å². The molecule has 132 valence electrons. The third-order valence-corrected chi connectivity index (χ3v) is 4.70. The summed E-state index contributed by atoms with van der Waals surface area (Å²) in [5.74, 6) is -1.53. The second-order valence-corrected chi connectivity index (χ2v) is 6.46. The average Bonchev–Trinajstić information content (AvgIpc) is 2.95. The number of hydrogen-bond acceptors (Lipinski definition) is 4. The van der Waals surface area contributed by atoms with E-state index in [0.717, 1.165) is 0 Å². The van der Waals surface area contributed by atoms with E-state index in [1.807, 2.05) is 0 Å². The number of rotatable bonds is 3. The lowest BCUT2D eigenvalue weighted by atomic mass is 9.96. The van der Waals surface area contributed by atoms with E-state index in [4.69, 9.17) is 21.9 Å². The second-order valence-electron chi connectivity index (χ2n) is 6.05. The number of halogens is 2. The lowest BCUT2D eigenvalue weighted by molar-refractivity contribution is -0.123. The van der Waals surface area contributed by atoms with E-state index < -0.39 is 17.6 Å². The molecule has 2 aromatic rings. The van der Waals surface area contributed by atoms with Crippen LogP contribution in [-0.2, 0) is 4.79 Å². The normalized spacial score (nSPS) is 17.6. The maximum atomic E-state index is 14.2. The van der Waals surface area contributed by atoms with E-state index in [-0.39, 0.29) is 40.1 Å². The number of benzene rings is 1. The Morgan fingerprint density at radius 1 is 1.44 bits per heavy atom. The van der Waals surface area contributed by atoms with Gasteiger partial charge in [-0.2, -0.15) is 0 Å². The van der Waals surface area contributed by atoms with Gasteiger partial charge in [0.1, 0.15) is 22.8 Å². The predicted molar refractivity (Wildman–Crippen MR) is 89.5 cm³/mol. The molecule has 1 aliphatic heterocycles. The quantitative estimate of drug-likeness (QED) is 0.905. The Bertz CT molecular complexity index is 816. The van der Waals surface area contributed by atoms with Crippen molar-refractivity contribution in [2.75, 3.05) is 13.1 Å². The summed E-state index contributed by atoms with van der Waals surface area (Å²) in [7, 11) is 0. The molecule has 1 unspecified atom stereocenters. The van der Waals surface area contributed by atoms with Crippen molar-refractivity contribution in [3.05, 3.63) is 40.4 Å². The fourth-order valence-corrected chi connectivity index (χ4v) is 3.32. The number of nitrogens with two attached hydrogens (primary N) is 1. The van der Waals surface area contributed by atoms with E-state index in [0.29, 0.717) is 19.4 Å². The Balaban J connectivity index is 2.00. The first-order valence-corrected chi connectivity index (χ1v) is 8.27. The molecule has 6 nitrogen and oxygen atoms in total. The molecule has 0 spiro atoms. The number of piperidine rings is 1. The average molecular weight is 366 g/mol. The number of carbonyl (C=O) groups is 2. The Kier molecular flexibility index (Phi) is 4.76. The number of amides is 2. The van der Waals surface area contributed by atoms with E-state index in [9.17, 15) is 14.0 Å². The van der Waals surface area contributed by atoms with E-state index in [1.54, 1.807) is 6.92 Å². The van der Waals surface area contributed by atoms with Gasteiger partial charge in [0.25, 0.3) is 5.91 Å². The Morgan fingerprint density at radius 2 is 2.20 bits per heavy atom. The Morgan fingerprint density at radius 3 is 2.88 bits per heavy atom. The van der Waals surface area contributed by atoms with Crippen LogP contribution in [0.4, 0.5) is 4.39 Å². The molecule has 0 saturated carbocycles. The molecule has 0 radical (unpaired) electrons. The van der Waals surface area contributed by atoms with Gasteiger partial charge in [0.2, 0.25) is 5.91 Å². The van der Waals surface area contributed by atoms with Crippen molar-refractivity contribution in [2.45, 2.75) is 19.8 Å². The van der Waals surface area contributed by atoms with Crippen LogP contribution in [0, 0.1) is 18.7 Å². The lowest BCUT2D eigenvalue weighted by Crippen LogP contribution is -2.44. The molecule has 1 aromatic carbocycles. The van der Waals surface area contributed by atoms with Crippen molar-refractivity contribution >= 4 is 23.4 Å². The van der Waals surface area contributed by atoms with Crippen LogP contribution in [0.5, 0.6) is 0 Å². The number of nitrogens with zero attached hydrogens (tertiary/aromatic N) is 2. The summed E-state index contributed by atoms with van der Waals surface area (Å²) in [6.07, 6.45) is 1.31. The van der Waals surface area contributed by atoms with Gasteiger partial charge >= 0.3 is 0 Å². The molecule has 1 atom stereocenters. The molecular weight excluding hydrogens is 349 g/mol. The molecule has 1 aliphatic rings. The smallest absolute Gasteiger partial charge is 0.259 e. The van der Waals surface area contributed by atoms with Gasteiger partial charge in [-0.3, -0.25) is 9.59 Å². The largest absolute Gasteiger partial charge is 0.369 e. The summed E-state index contributed by atoms with van der Waals surface area (Å²) < 4.78 is 19.4. The third-order valence-electron chi connectivity index (χ3n) is 4.39. The van der Waals surface area contributed by atoms with Crippen LogP contribution in [-0.4, -0.2) is 35.0 Å². The zero-order chi connectivity index (χ0) is 18.1. The van der Waals surface area contributed by atoms with Gasteiger partial charge in [-0.05, 0) is 31.9 Å². The third kappa shape index (κ3) is 3.24. The fourth-order valence-electron chi connectivity index (χ4n) is 3.07. The van der Waals surface area contributed by atoms with Gasteiger partial charge in [0, 0.05) is 13.1 Å². The van der Waals surface area contributed by atoms with E-state index >= 15 is 0 Å². The van der Waals surface area contributed by atoms with Crippen LogP contribution < -0.4 is 5.73 Å². The van der Waals surface area contributed by atoms with E-state index in [1.165, 1.54) is 23.1 Å². The molecule has 1 saturated heterocycles. The van der Waals surface area contributed by atoms with Gasteiger partial charge in [-0.25, -0.2) is 4.39 Å². The number of hydrogen-bond donors (Lipinski definition) is 1. The zero-order valence-corrected chi connectivity index (χ0v) is 14.3. The van der Waals surface area contributed by atoms with Crippen molar-refractivity contribution < 1.29 is 18.5 Å². The first kappa shape index (κ1) is 17.4. The Hall–Kier alpha value is -2.41. The Labute approximate surface area is 148 Å². The highest BCUT2D eigenvalue weighted by Gasteiger charge is 2.32. The van der Waals surface area contributed by atoms with Crippen molar-refractivity contribution in [3.8, 4) is 11.3 Å². The number of carbonyl (C=O) groups excluding carboxylic acids is 2. The minimum absolute atomic E-state index is 0.0211. The molecule has 25 heavy (non-hydrogen) atoms. The van der Waals surface area contributed by atoms with Gasteiger partial charge in [0.15, 0.2) is 0 Å². The highest BCUT2D eigenvalue weighted by molar-refractivity contribution is 6.33. The SMILES string of the molecule is Cc1onc(-c2c(F)cccc2Cl)c1C(=O)N1CCCC(C(N)=O)C1. The summed E-state index contributed by atoms with van der Waals surface area (Å²) in [5, 5.41) is 3.97. The standard InChI is InChI=1S/C17H17ClFN3O3/c1-9-13(17(24)22-7-3-4-10(8-22)16(20)23)15(21-25-9)14-11(18)5-2-6-12(14)19/h2,5-6,10H,3-4,7-8H2,1H3,(H2,20,23). The molecule has 8 heteroatoms.